The minimum Gasteiger partial charge on any atom is -0.358 e. The molecule has 1 saturated heterocycles. The molecule has 2 aromatic rings. The van der Waals surface area contributed by atoms with Crippen LogP contribution in [0.1, 0.15) is 40.2 Å². The summed E-state index contributed by atoms with van der Waals surface area (Å²) in [7, 11) is 2.19. The molecule has 0 aromatic carbocycles. The summed E-state index contributed by atoms with van der Waals surface area (Å²) < 4.78 is 0. The fraction of sp³-hybridized carbons (Fsp3) is 0.455. The second-order valence-corrected chi connectivity index (χ2v) is 9.15. The molecule has 7 heteroatoms. The van der Waals surface area contributed by atoms with Gasteiger partial charge in [0.25, 0.3) is 5.91 Å². The number of thiophene rings is 1. The molecular weight excluding hydrogens is 382 g/mol. The summed E-state index contributed by atoms with van der Waals surface area (Å²) in [5.74, 6) is -0.119. The average Bonchev–Trinajstić information content (AvgIpc) is 3.45. The zero-order chi connectivity index (χ0) is 19.8. The fourth-order valence-electron chi connectivity index (χ4n) is 4.52. The third-order valence-electron chi connectivity index (χ3n) is 6.23. The van der Waals surface area contributed by atoms with Gasteiger partial charge in [0.2, 0.25) is 0 Å². The van der Waals surface area contributed by atoms with Crippen LogP contribution in [0, 0.1) is 0 Å². The number of piperazine rings is 1. The first-order valence-electron chi connectivity index (χ1n) is 10.5. The summed E-state index contributed by atoms with van der Waals surface area (Å²) in [6, 6.07) is 4.01. The molecule has 1 fully saturated rings. The van der Waals surface area contributed by atoms with Crippen LogP contribution in [-0.4, -0.2) is 59.6 Å². The molecule has 2 aromatic heterocycles. The number of nitrogens with one attached hydrogen (secondary N) is 2. The Kier molecular flexibility index (Phi) is 5.11. The number of rotatable bonds is 4. The molecule has 29 heavy (non-hydrogen) atoms. The van der Waals surface area contributed by atoms with Crippen molar-refractivity contribution in [3.05, 3.63) is 50.5 Å². The topological polar surface area (TPSA) is 63.7 Å². The lowest BCUT2D eigenvalue weighted by Gasteiger charge is -2.32. The molecule has 1 aliphatic carbocycles. The van der Waals surface area contributed by atoms with Crippen LogP contribution in [0.4, 0.5) is 0 Å². The van der Waals surface area contributed by atoms with E-state index in [1.807, 2.05) is 23.6 Å². The minimum atomic E-state index is -0.119. The molecule has 1 amide bonds. The highest BCUT2D eigenvalue weighted by atomic mass is 32.1. The summed E-state index contributed by atoms with van der Waals surface area (Å²) >= 11 is 1.61. The van der Waals surface area contributed by atoms with Crippen LogP contribution in [0.5, 0.6) is 0 Å². The van der Waals surface area contributed by atoms with E-state index in [4.69, 9.17) is 0 Å². The van der Waals surface area contributed by atoms with E-state index in [9.17, 15) is 4.79 Å². The number of hydrogen-bond donors (Lipinski definition) is 2. The predicted molar refractivity (Wildman–Crippen MR) is 117 cm³/mol. The van der Waals surface area contributed by atoms with Gasteiger partial charge < -0.3 is 9.88 Å². The number of carbonyl (C=O) groups is 1. The van der Waals surface area contributed by atoms with Crippen molar-refractivity contribution in [2.24, 2.45) is 5.10 Å². The lowest BCUT2D eigenvalue weighted by molar-refractivity contribution is -0.116. The molecule has 0 atom stereocenters. The molecule has 0 unspecified atom stereocenters. The zero-order valence-corrected chi connectivity index (χ0v) is 17.6. The molecule has 2 aliphatic heterocycles. The number of fused-ring (bicyclic) bond motifs is 1. The Morgan fingerprint density at radius 1 is 1.21 bits per heavy atom. The van der Waals surface area contributed by atoms with Gasteiger partial charge in [-0.2, -0.15) is 5.10 Å². The molecule has 6 nitrogen and oxygen atoms in total. The smallest absolute Gasteiger partial charge is 0.273 e. The first kappa shape index (κ1) is 18.8. The maximum atomic E-state index is 12.5. The van der Waals surface area contributed by atoms with Crippen LogP contribution < -0.4 is 5.43 Å². The van der Waals surface area contributed by atoms with Gasteiger partial charge >= 0.3 is 0 Å². The maximum Gasteiger partial charge on any atom is 0.273 e. The Labute approximate surface area is 175 Å². The lowest BCUT2D eigenvalue weighted by Crippen LogP contribution is -2.44. The van der Waals surface area contributed by atoms with E-state index < -0.39 is 0 Å². The van der Waals surface area contributed by atoms with E-state index >= 15 is 0 Å². The quantitative estimate of drug-likeness (QED) is 0.763. The molecule has 152 valence electrons. The number of amides is 1. The molecule has 2 N–H and O–H groups in total. The van der Waals surface area contributed by atoms with E-state index in [1.54, 1.807) is 11.3 Å². The van der Waals surface area contributed by atoms with Crippen LogP contribution in [-0.2, 0) is 24.2 Å². The second kappa shape index (κ2) is 7.89. The van der Waals surface area contributed by atoms with Gasteiger partial charge in [-0.05, 0) is 61.4 Å². The van der Waals surface area contributed by atoms with Gasteiger partial charge in [-0.3, -0.25) is 9.69 Å². The van der Waals surface area contributed by atoms with Crippen LogP contribution in [0.3, 0.4) is 0 Å². The molecule has 0 radical (unpaired) electrons. The Balaban J connectivity index is 1.51. The molecule has 0 saturated carbocycles. The molecule has 4 heterocycles. The number of carbonyl (C=O) groups excluding carboxylic acids is 1. The Hall–Kier alpha value is -2.22. The summed E-state index contributed by atoms with van der Waals surface area (Å²) in [5, 5.41) is 6.32. The van der Waals surface area contributed by atoms with E-state index in [2.05, 4.69) is 32.4 Å². The molecule has 0 bridgehead atoms. The number of H-pyrrole nitrogens is 1. The molecule has 0 spiro atoms. The highest BCUT2D eigenvalue weighted by Crippen LogP contribution is 2.31. The van der Waals surface area contributed by atoms with E-state index in [0.29, 0.717) is 5.57 Å². The summed E-state index contributed by atoms with van der Waals surface area (Å²) in [6.07, 6.45) is 6.76. The highest BCUT2D eigenvalue weighted by Gasteiger charge is 2.27. The average molecular weight is 410 g/mol. The number of aryl methyl sites for hydroxylation is 1. The van der Waals surface area contributed by atoms with Crippen molar-refractivity contribution in [1.82, 2.24) is 20.2 Å². The van der Waals surface area contributed by atoms with Gasteiger partial charge in [-0.1, -0.05) is 6.07 Å². The summed E-state index contributed by atoms with van der Waals surface area (Å²) in [5.41, 5.74) is 9.37. The summed E-state index contributed by atoms with van der Waals surface area (Å²) in [4.78, 5) is 22.2. The number of aromatic nitrogens is 1. The first-order chi connectivity index (χ1) is 14.2. The van der Waals surface area contributed by atoms with Crippen molar-refractivity contribution in [3.8, 4) is 0 Å². The SMILES string of the molecule is CN1CCN(Cc2c(/C=C3/C(=O)NN=C3c3cccs3)[nH]c3c2CCCC3)CC1. The van der Waals surface area contributed by atoms with E-state index in [1.165, 1.54) is 29.7 Å². The van der Waals surface area contributed by atoms with Gasteiger partial charge in [0.1, 0.15) is 5.71 Å². The van der Waals surface area contributed by atoms with Crippen LogP contribution in [0.2, 0.25) is 0 Å². The molecule has 3 aliphatic rings. The number of hydrogen-bond acceptors (Lipinski definition) is 5. The predicted octanol–water partition coefficient (Wildman–Crippen LogP) is 2.62. The number of likely N-dealkylation sites (N-methyl/N-ethyl adjacent to an activating group) is 1. The van der Waals surface area contributed by atoms with Gasteiger partial charge in [0.15, 0.2) is 0 Å². The maximum absolute atomic E-state index is 12.5. The molecule has 5 rings (SSSR count). The Morgan fingerprint density at radius 3 is 2.83 bits per heavy atom. The van der Waals surface area contributed by atoms with Crippen LogP contribution >= 0.6 is 11.3 Å². The fourth-order valence-corrected chi connectivity index (χ4v) is 5.25. The molecular formula is C22H27N5OS. The van der Waals surface area contributed by atoms with E-state index in [-0.39, 0.29) is 5.91 Å². The Bertz CT molecular complexity index is 964. The first-order valence-corrected chi connectivity index (χ1v) is 11.3. The Morgan fingerprint density at radius 2 is 2.03 bits per heavy atom. The third kappa shape index (κ3) is 3.70. The van der Waals surface area contributed by atoms with Crippen LogP contribution in [0.15, 0.2) is 28.2 Å². The van der Waals surface area contributed by atoms with Crippen molar-refractivity contribution >= 4 is 29.0 Å². The number of aromatic amines is 1. The number of hydrazone groups is 1. The lowest BCUT2D eigenvalue weighted by atomic mass is 9.93. The van der Waals surface area contributed by atoms with Crippen molar-refractivity contribution in [1.29, 1.82) is 0 Å². The van der Waals surface area contributed by atoms with Crippen molar-refractivity contribution in [2.75, 3.05) is 33.2 Å². The van der Waals surface area contributed by atoms with Crippen LogP contribution in [0.25, 0.3) is 6.08 Å². The van der Waals surface area contributed by atoms with Gasteiger partial charge in [0.05, 0.1) is 10.5 Å². The van der Waals surface area contributed by atoms with Crippen molar-refractivity contribution in [3.63, 3.8) is 0 Å². The highest BCUT2D eigenvalue weighted by molar-refractivity contribution is 7.12. The van der Waals surface area contributed by atoms with Crippen molar-refractivity contribution in [2.45, 2.75) is 32.2 Å². The largest absolute Gasteiger partial charge is 0.358 e. The summed E-state index contributed by atoms with van der Waals surface area (Å²) in [6.45, 7) is 5.36. The minimum absolute atomic E-state index is 0.119. The monoisotopic (exact) mass is 409 g/mol. The second-order valence-electron chi connectivity index (χ2n) is 8.20. The zero-order valence-electron chi connectivity index (χ0n) is 16.8. The van der Waals surface area contributed by atoms with Gasteiger partial charge in [-0.25, -0.2) is 5.43 Å². The number of nitrogens with zero attached hydrogens (tertiary/aromatic N) is 3. The normalized spacial score (nSPS) is 22.0. The third-order valence-corrected chi connectivity index (χ3v) is 7.11. The standard InChI is InChI=1S/C22H27N5OS/c1-26-8-10-27(11-9-26)14-17-15-5-2-3-6-18(15)23-19(17)13-16-21(24-25-22(16)28)20-7-4-12-29-20/h4,7,12-13,23H,2-3,5-6,8-11,14H2,1H3,(H,25,28)/b16-13+. The van der Waals surface area contributed by atoms with Gasteiger partial charge in [-0.15, -0.1) is 11.3 Å². The van der Waals surface area contributed by atoms with E-state index in [0.717, 1.165) is 61.8 Å². The van der Waals surface area contributed by atoms with Crippen molar-refractivity contribution < 1.29 is 4.79 Å². The van der Waals surface area contributed by atoms with Gasteiger partial charge in [0, 0.05) is 44.1 Å².